The molecule has 0 bridgehead atoms. The summed E-state index contributed by atoms with van der Waals surface area (Å²) in [6.07, 6.45) is 6.83. The second-order valence-corrected chi connectivity index (χ2v) is 5.64. The molecule has 1 fully saturated rings. The second kappa shape index (κ2) is 5.01. The Hall–Kier alpha value is -1.15. The SMILES string of the molecule is c1ccc(-c2nc(C3CCCCC3)cs2)cc1. The summed E-state index contributed by atoms with van der Waals surface area (Å²) in [6, 6.07) is 10.5. The van der Waals surface area contributed by atoms with Crippen LogP contribution in [0.1, 0.15) is 43.7 Å². The summed E-state index contributed by atoms with van der Waals surface area (Å²) in [5.41, 5.74) is 2.58. The van der Waals surface area contributed by atoms with E-state index in [2.05, 4.69) is 35.7 Å². The molecule has 2 aromatic rings. The van der Waals surface area contributed by atoms with Crippen molar-refractivity contribution in [2.45, 2.75) is 38.0 Å². The molecule has 0 atom stereocenters. The minimum atomic E-state index is 0.720. The summed E-state index contributed by atoms with van der Waals surface area (Å²) in [6.45, 7) is 0. The van der Waals surface area contributed by atoms with Crippen LogP contribution >= 0.6 is 11.3 Å². The highest BCUT2D eigenvalue weighted by molar-refractivity contribution is 7.13. The molecule has 0 saturated heterocycles. The molecule has 88 valence electrons. The first-order chi connectivity index (χ1) is 8.43. The minimum Gasteiger partial charge on any atom is -0.241 e. The molecular weight excluding hydrogens is 226 g/mol. The van der Waals surface area contributed by atoms with Crippen molar-refractivity contribution < 1.29 is 0 Å². The van der Waals surface area contributed by atoms with Gasteiger partial charge in [-0.15, -0.1) is 11.3 Å². The summed E-state index contributed by atoms with van der Waals surface area (Å²) in [5, 5.41) is 3.43. The molecule has 0 spiro atoms. The molecule has 1 heterocycles. The van der Waals surface area contributed by atoms with E-state index in [-0.39, 0.29) is 0 Å². The average molecular weight is 243 g/mol. The number of benzene rings is 1. The zero-order valence-electron chi connectivity index (χ0n) is 9.93. The lowest BCUT2D eigenvalue weighted by atomic mass is 9.87. The lowest BCUT2D eigenvalue weighted by Gasteiger charge is -2.19. The largest absolute Gasteiger partial charge is 0.241 e. The molecule has 0 unspecified atom stereocenters. The van der Waals surface area contributed by atoms with Gasteiger partial charge >= 0.3 is 0 Å². The van der Waals surface area contributed by atoms with Gasteiger partial charge in [-0.3, -0.25) is 0 Å². The molecule has 2 heteroatoms. The minimum absolute atomic E-state index is 0.720. The number of aromatic nitrogens is 1. The Morgan fingerprint density at radius 3 is 2.53 bits per heavy atom. The number of rotatable bonds is 2. The third-order valence-electron chi connectivity index (χ3n) is 3.57. The molecule has 1 aliphatic carbocycles. The van der Waals surface area contributed by atoms with E-state index in [9.17, 15) is 0 Å². The lowest BCUT2D eigenvalue weighted by molar-refractivity contribution is 0.438. The van der Waals surface area contributed by atoms with Crippen molar-refractivity contribution in [3.8, 4) is 10.6 Å². The van der Waals surface area contributed by atoms with Gasteiger partial charge in [0.25, 0.3) is 0 Å². The van der Waals surface area contributed by atoms with Crippen LogP contribution in [0, 0.1) is 0 Å². The van der Waals surface area contributed by atoms with Crippen LogP contribution in [-0.2, 0) is 0 Å². The lowest BCUT2D eigenvalue weighted by Crippen LogP contribution is -2.04. The van der Waals surface area contributed by atoms with Crippen molar-refractivity contribution in [3.05, 3.63) is 41.4 Å². The van der Waals surface area contributed by atoms with E-state index in [1.807, 2.05) is 0 Å². The Kier molecular flexibility index (Phi) is 3.23. The number of thiazole rings is 1. The van der Waals surface area contributed by atoms with Gasteiger partial charge in [-0.05, 0) is 12.8 Å². The van der Waals surface area contributed by atoms with E-state index >= 15 is 0 Å². The zero-order valence-corrected chi connectivity index (χ0v) is 10.7. The first kappa shape index (κ1) is 11.0. The van der Waals surface area contributed by atoms with Gasteiger partial charge in [0.2, 0.25) is 0 Å². The predicted molar refractivity (Wildman–Crippen MR) is 73.4 cm³/mol. The Labute approximate surface area is 107 Å². The zero-order chi connectivity index (χ0) is 11.5. The fourth-order valence-electron chi connectivity index (χ4n) is 2.59. The van der Waals surface area contributed by atoms with Crippen molar-refractivity contribution in [1.29, 1.82) is 0 Å². The highest BCUT2D eigenvalue weighted by atomic mass is 32.1. The number of hydrogen-bond acceptors (Lipinski definition) is 2. The maximum Gasteiger partial charge on any atom is 0.123 e. The van der Waals surface area contributed by atoms with Crippen LogP contribution in [0.15, 0.2) is 35.7 Å². The molecular formula is C15H17NS. The van der Waals surface area contributed by atoms with E-state index in [0.717, 1.165) is 5.92 Å². The smallest absolute Gasteiger partial charge is 0.123 e. The molecule has 1 nitrogen and oxygen atoms in total. The van der Waals surface area contributed by atoms with Gasteiger partial charge in [0.1, 0.15) is 5.01 Å². The van der Waals surface area contributed by atoms with Crippen LogP contribution < -0.4 is 0 Å². The van der Waals surface area contributed by atoms with Gasteiger partial charge in [0.15, 0.2) is 0 Å². The third kappa shape index (κ3) is 2.42. The molecule has 0 aliphatic heterocycles. The van der Waals surface area contributed by atoms with Gasteiger partial charge in [-0.1, -0.05) is 49.6 Å². The molecule has 0 N–H and O–H groups in total. The fraction of sp³-hybridized carbons (Fsp3) is 0.400. The summed E-state index contributed by atoms with van der Waals surface area (Å²) < 4.78 is 0. The average Bonchev–Trinajstić information content (AvgIpc) is 2.90. The second-order valence-electron chi connectivity index (χ2n) is 4.78. The molecule has 0 amide bonds. The van der Waals surface area contributed by atoms with Crippen LogP contribution in [0.2, 0.25) is 0 Å². The van der Waals surface area contributed by atoms with Crippen LogP contribution in [0.5, 0.6) is 0 Å². The number of hydrogen-bond donors (Lipinski definition) is 0. The quantitative estimate of drug-likeness (QED) is 0.734. The van der Waals surface area contributed by atoms with Gasteiger partial charge in [0, 0.05) is 16.9 Å². The van der Waals surface area contributed by atoms with Gasteiger partial charge in [-0.25, -0.2) is 4.98 Å². The van der Waals surface area contributed by atoms with Crippen LogP contribution in [0.25, 0.3) is 10.6 Å². The molecule has 1 aromatic heterocycles. The Balaban J connectivity index is 1.83. The molecule has 3 rings (SSSR count). The normalized spacial score (nSPS) is 17.2. The van der Waals surface area contributed by atoms with Crippen molar-refractivity contribution in [2.24, 2.45) is 0 Å². The highest BCUT2D eigenvalue weighted by Crippen LogP contribution is 2.35. The van der Waals surface area contributed by atoms with Crippen LogP contribution in [-0.4, -0.2) is 4.98 Å². The van der Waals surface area contributed by atoms with E-state index < -0.39 is 0 Å². The van der Waals surface area contributed by atoms with Crippen molar-refractivity contribution in [2.75, 3.05) is 0 Å². The third-order valence-corrected chi connectivity index (χ3v) is 4.48. The predicted octanol–water partition coefficient (Wildman–Crippen LogP) is 4.86. The molecule has 1 aliphatic rings. The monoisotopic (exact) mass is 243 g/mol. The van der Waals surface area contributed by atoms with Gasteiger partial charge in [0.05, 0.1) is 5.69 Å². The molecule has 1 aromatic carbocycles. The van der Waals surface area contributed by atoms with E-state index in [4.69, 9.17) is 4.98 Å². The maximum absolute atomic E-state index is 4.82. The number of nitrogens with zero attached hydrogens (tertiary/aromatic N) is 1. The summed E-state index contributed by atoms with van der Waals surface area (Å²) in [4.78, 5) is 4.82. The summed E-state index contributed by atoms with van der Waals surface area (Å²) in [7, 11) is 0. The summed E-state index contributed by atoms with van der Waals surface area (Å²) >= 11 is 1.79. The Bertz CT molecular complexity index is 469. The van der Waals surface area contributed by atoms with Crippen LogP contribution in [0.3, 0.4) is 0 Å². The standard InChI is InChI=1S/C15H17NS/c1-3-7-12(8-4-1)14-11-17-15(16-14)13-9-5-2-6-10-13/h2,5-6,9-12H,1,3-4,7-8H2. The van der Waals surface area contributed by atoms with Crippen LogP contribution in [0.4, 0.5) is 0 Å². The molecule has 17 heavy (non-hydrogen) atoms. The topological polar surface area (TPSA) is 12.9 Å². The molecule has 1 saturated carbocycles. The Morgan fingerprint density at radius 2 is 1.76 bits per heavy atom. The van der Waals surface area contributed by atoms with Crippen molar-refractivity contribution in [3.63, 3.8) is 0 Å². The first-order valence-corrected chi connectivity index (χ1v) is 7.32. The maximum atomic E-state index is 4.82. The molecule has 0 radical (unpaired) electrons. The van der Waals surface area contributed by atoms with E-state index in [1.165, 1.54) is 48.4 Å². The van der Waals surface area contributed by atoms with Crippen molar-refractivity contribution in [1.82, 2.24) is 4.98 Å². The van der Waals surface area contributed by atoms with E-state index in [1.54, 1.807) is 11.3 Å². The Morgan fingerprint density at radius 1 is 1.00 bits per heavy atom. The summed E-state index contributed by atoms with van der Waals surface area (Å²) in [5.74, 6) is 0.720. The highest BCUT2D eigenvalue weighted by Gasteiger charge is 2.18. The van der Waals surface area contributed by atoms with Crippen molar-refractivity contribution >= 4 is 11.3 Å². The fourth-order valence-corrected chi connectivity index (χ4v) is 3.49. The van der Waals surface area contributed by atoms with Gasteiger partial charge in [-0.2, -0.15) is 0 Å². The van der Waals surface area contributed by atoms with Gasteiger partial charge < -0.3 is 0 Å². The first-order valence-electron chi connectivity index (χ1n) is 6.44. The van der Waals surface area contributed by atoms with E-state index in [0.29, 0.717) is 0 Å².